The predicted octanol–water partition coefficient (Wildman–Crippen LogP) is 1.78. The lowest BCUT2D eigenvalue weighted by Gasteiger charge is -2.25. The Labute approximate surface area is 122 Å². The Morgan fingerprint density at radius 3 is 2.48 bits per heavy atom. The van der Waals surface area contributed by atoms with E-state index in [0.29, 0.717) is 12.8 Å². The highest BCUT2D eigenvalue weighted by Gasteiger charge is 2.42. The standard InChI is InChI=1S/C14H17F2NO3S/c1-10-4-6-11(7-5-10)14(15,16)13(18)17-12-3-2-8-21(19,20)9-12/h4-7,12H,2-3,8-9H2,1H3,(H,17,18). The van der Waals surface area contributed by atoms with Crippen LogP contribution in [0.4, 0.5) is 8.78 Å². The van der Waals surface area contributed by atoms with E-state index < -0.39 is 33.3 Å². The molecule has 0 saturated carbocycles. The summed E-state index contributed by atoms with van der Waals surface area (Å²) in [7, 11) is -3.25. The van der Waals surface area contributed by atoms with Crippen LogP contribution in [0.3, 0.4) is 0 Å². The molecule has 0 radical (unpaired) electrons. The highest BCUT2D eigenvalue weighted by molar-refractivity contribution is 7.91. The van der Waals surface area contributed by atoms with E-state index >= 15 is 0 Å². The smallest absolute Gasteiger partial charge is 0.347 e. The summed E-state index contributed by atoms with van der Waals surface area (Å²) in [6.07, 6.45) is 0.776. The molecule has 2 rings (SSSR count). The lowest BCUT2D eigenvalue weighted by atomic mass is 10.1. The van der Waals surface area contributed by atoms with Gasteiger partial charge in [-0.25, -0.2) is 8.42 Å². The van der Waals surface area contributed by atoms with Crippen LogP contribution < -0.4 is 5.32 Å². The van der Waals surface area contributed by atoms with E-state index in [1.54, 1.807) is 6.92 Å². The first-order valence-electron chi connectivity index (χ1n) is 6.67. The SMILES string of the molecule is Cc1ccc(C(F)(F)C(=O)NC2CCCS(=O)(=O)C2)cc1. The number of benzene rings is 1. The molecule has 0 aromatic heterocycles. The maximum atomic E-state index is 14.1. The largest absolute Gasteiger partial charge is 0.349 e. The molecule has 0 aliphatic carbocycles. The Morgan fingerprint density at radius 2 is 1.90 bits per heavy atom. The monoisotopic (exact) mass is 317 g/mol. The molecule has 1 heterocycles. The van der Waals surface area contributed by atoms with Crippen molar-refractivity contribution in [3.63, 3.8) is 0 Å². The highest BCUT2D eigenvalue weighted by Crippen LogP contribution is 2.29. The second-order valence-electron chi connectivity index (χ2n) is 5.37. The molecule has 7 heteroatoms. The zero-order chi connectivity index (χ0) is 15.7. The maximum absolute atomic E-state index is 14.1. The number of nitrogens with one attached hydrogen (secondary N) is 1. The van der Waals surface area contributed by atoms with Crippen LogP contribution in [-0.4, -0.2) is 31.9 Å². The van der Waals surface area contributed by atoms with E-state index in [2.05, 4.69) is 5.32 Å². The Hall–Kier alpha value is -1.50. The topological polar surface area (TPSA) is 63.2 Å². The van der Waals surface area contributed by atoms with Crippen molar-refractivity contribution in [1.82, 2.24) is 5.32 Å². The second-order valence-corrected chi connectivity index (χ2v) is 7.60. The van der Waals surface area contributed by atoms with Gasteiger partial charge >= 0.3 is 5.92 Å². The molecule has 1 aromatic carbocycles. The van der Waals surface area contributed by atoms with Gasteiger partial charge in [-0.15, -0.1) is 0 Å². The summed E-state index contributed by atoms with van der Waals surface area (Å²) in [5.41, 5.74) is 0.414. The fourth-order valence-corrected chi connectivity index (χ4v) is 3.94. The fourth-order valence-electron chi connectivity index (χ4n) is 2.31. The van der Waals surface area contributed by atoms with Crippen molar-refractivity contribution in [3.05, 3.63) is 35.4 Å². The summed E-state index contributed by atoms with van der Waals surface area (Å²) in [6, 6.07) is 4.66. The maximum Gasteiger partial charge on any atom is 0.349 e. The first kappa shape index (κ1) is 15.9. The number of halogens is 2. The van der Waals surface area contributed by atoms with Gasteiger partial charge in [-0.2, -0.15) is 8.78 Å². The van der Waals surface area contributed by atoms with Gasteiger partial charge in [0, 0.05) is 11.6 Å². The van der Waals surface area contributed by atoms with Crippen LogP contribution in [0, 0.1) is 6.92 Å². The second kappa shape index (κ2) is 5.71. The molecule has 21 heavy (non-hydrogen) atoms. The van der Waals surface area contributed by atoms with Crippen molar-refractivity contribution in [3.8, 4) is 0 Å². The van der Waals surface area contributed by atoms with Gasteiger partial charge in [-0.3, -0.25) is 4.79 Å². The molecule has 1 unspecified atom stereocenters. The summed E-state index contributed by atoms with van der Waals surface area (Å²) in [4.78, 5) is 11.8. The van der Waals surface area contributed by atoms with Gasteiger partial charge in [0.2, 0.25) is 0 Å². The Bertz CT molecular complexity index is 626. The molecule has 4 nitrogen and oxygen atoms in total. The molecular weight excluding hydrogens is 300 g/mol. The fraction of sp³-hybridized carbons (Fsp3) is 0.500. The van der Waals surface area contributed by atoms with E-state index in [9.17, 15) is 22.0 Å². The molecule has 0 bridgehead atoms. The zero-order valence-electron chi connectivity index (χ0n) is 11.6. The van der Waals surface area contributed by atoms with Crippen LogP contribution in [0.1, 0.15) is 24.0 Å². The molecule has 1 aromatic rings. The van der Waals surface area contributed by atoms with Gasteiger partial charge in [0.05, 0.1) is 11.5 Å². The van der Waals surface area contributed by atoms with Gasteiger partial charge < -0.3 is 5.32 Å². The number of rotatable bonds is 3. The summed E-state index contributed by atoms with van der Waals surface area (Å²) >= 11 is 0. The van der Waals surface area contributed by atoms with E-state index in [4.69, 9.17) is 0 Å². The average molecular weight is 317 g/mol. The summed E-state index contributed by atoms with van der Waals surface area (Å²) in [6.45, 7) is 1.76. The normalized spacial score (nSPS) is 21.8. The van der Waals surface area contributed by atoms with Crippen molar-refractivity contribution in [2.45, 2.75) is 31.7 Å². The Kier molecular flexibility index (Phi) is 4.32. The minimum absolute atomic E-state index is 0.0493. The third-order valence-corrected chi connectivity index (χ3v) is 5.32. The molecule has 1 fully saturated rings. The van der Waals surface area contributed by atoms with E-state index in [1.807, 2.05) is 0 Å². The third kappa shape index (κ3) is 3.78. The van der Waals surface area contributed by atoms with Crippen molar-refractivity contribution in [2.24, 2.45) is 0 Å². The van der Waals surface area contributed by atoms with Crippen molar-refractivity contribution < 1.29 is 22.0 Å². The first-order valence-corrected chi connectivity index (χ1v) is 8.49. The molecule has 1 atom stereocenters. The van der Waals surface area contributed by atoms with E-state index in [0.717, 1.165) is 5.56 Å². The lowest BCUT2D eigenvalue weighted by Crippen LogP contribution is -2.48. The lowest BCUT2D eigenvalue weighted by molar-refractivity contribution is -0.147. The molecule has 116 valence electrons. The quantitative estimate of drug-likeness (QED) is 0.924. The number of carbonyl (C=O) groups excluding carboxylic acids is 1. The number of carbonyl (C=O) groups is 1. The number of amides is 1. The summed E-state index contributed by atoms with van der Waals surface area (Å²) < 4.78 is 51.1. The van der Waals surface area contributed by atoms with Crippen LogP contribution in [0.15, 0.2) is 24.3 Å². The van der Waals surface area contributed by atoms with Crippen molar-refractivity contribution in [2.75, 3.05) is 11.5 Å². The Morgan fingerprint density at radius 1 is 1.29 bits per heavy atom. The Balaban J connectivity index is 2.10. The molecule has 1 amide bonds. The van der Waals surface area contributed by atoms with E-state index in [-0.39, 0.29) is 11.5 Å². The minimum Gasteiger partial charge on any atom is -0.347 e. The van der Waals surface area contributed by atoms with Crippen molar-refractivity contribution in [1.29, 1.82) is 0 Å². The predicted molar refractivity (Wildman–Crippen MR) is 74.9 cm³/mol. The molecule has 1 N–H and O–H groups in total. The van der Waals surface area contributed by atoms with Gasteiger partial charge in [0.15, 0.2) is 9.84 Å². The van der Waals surface area contributed by atoms with Gasteiger partial charge in [-0.1, -0.05) is 29.8 Å². The third-order valence-electron chi connectivity index (χ3n) is 3.50. The first-order chi connectivity index (χ1) is 9.71. The number of hydrogen-bond acceptors (Lipinski definition) is 3. The molecule has 0 spiro atoms. The molecular formula is C14H17F2NO3S. The average Bonchev–Trinajstić information content (AvgIpc) is 2.38. The number of aryl methyl sites for hydroxylation is 1. The molecule has 1 saturated heterocycles. The summed E-state index contributed by atoms with van der Waals surface area (Å²) in [5, 5.41) is 2.16. The zero-order valence-corrected chi connectivity index (χ0v) is 12.4. The van der Waals surface area contributed by atoms with Crippen LogP contribution in [0.25, 0.3) is 0 Å². The van der Waals surface area contributed by atoms with Gasteiger partial charge in [0.1, 0.15) is 0 Å². The van der Waals surface area contributed by atoms with Crippen molar-refractivity contribution >= 4 is 15.7 Å². The molecule has 1 aliphatic rings. The minimum atomic E-state index is -3.67. The van der Waals surface area contributed by atoms with Crippen LogP contribution in [0.2, 0.25) is 0 Å². The summed E-state index contributed by atoms with van der Waals surface area (Å²) in [5.74, 6) is -5.35. The number of sulfone groups is 1. The van der Waals surface area contributed by atoms with Gasteiger partial charge in [-0.05, 0) is 19.8 Å². The highest BCUT2D eigenvalue weighted by atomic mass is 32.2. The van der Waals surface area contributed by atoms with Crippen LogP contribution in [0.5, 0.6) is 0 Å². The van der Waals surface area contributed by atoms with Crippen LogP contribution in [-0.2, 0) is 20.6 Å². The van der Waals surface area contributed by atoms with Gasteiger partial charge in [0.25, 0.3) is 5.91 Å². The number of hydrogen-bond donors (Lipinski definition) is 1. The molecule has 1 aliphatic heterocycles. The van der Waals surface area contributed by atoms with Crippen LogP contribution >= 0.6 is 0 Å². The number of alkyl halides is 2. The van der Waals surface area contributed by atoms with E-state index in [1.165, 1.54) is 24.3 Å².